The minimum Gasteiger partial charge on any atom is -0.396 e. The van der Waals surface area contributed by atoms with Gasteiger partial charge in [0, 0.05) is 25.2 Å². The Kier molecular flexibility index (Phi) is 3.88. The molecule has 1 aliphatic carbocycles. The molecule has 0 aromatic carbocycles. The predicted octanol–water partition coefficient (Wildman–Crippen LogP) is 1.22. The van der Waals surface area contributed by atoms with Crippen LogP contribution in [0.2, 0.25) is 0 Å². The van der Waals surface area contributed by atoms with Gasteiger partial charge in [-0.3, -0.25) is 0 Å². The minimum atomic E-state index is 0.353. The summed E-state index contributed by atoms with van der Waals surface area (Å²) < 4.78 is 0. The van der Waals surface area contributed by atoms with Crippen LogP contribution in [0.25, 0.3) is 0 Å². The van der Waals surface area contributed by atoms with Gasteiger partial charge in [-0.2, -0.15) is 0 Å². The summed E-state index contributed by atoms with van der Waals surface area (Å²) >= 11 is 0. The molecular weight excluding hydrogens is 200 g/mol. The first kappa shape index (κ1) is 12.3. The normalized spacial score (nSPS) is 33.9. The van der Waals surface area contributed by atoms with Crippen molar-refractivity contribution in [2.75, 3.05) is 26.7 Å². The Labute approximate surface area is 99.2 Å². The van der Waals surface area contributed by atoms with Crippen molar-refractivity contribution in [3.63, 3.8) is 0 Å². The molecule has 0 spiro atoms. The monoisotopic (exact) mass is 226 g/mol. The lowest BCUT2D eigenvalue weighted by Crippen LogP contribution is -2.46. The summed E-state index contributed by atoms with van der Waals surface area (Å²) in [6.07, 6.45) is 6.15. The molecule has 3 nitrogen and oxygen atoms in total. The first-order valence-corrected chi connectivity index (χ1v) is 6.70. The van der Waals surface area contributed by atoms with Crippen LogP contribution in [0, 0.1) is 5.41 Å². The molecule has 0 amide bonds. The highest BCUT2D eigenvalue weighted by atomic mass is 16.3. The molecule has 2 fully saturated rings. The van der Waals surface area contributed by atoms with Crippen LogP contribution < -0.4 is 5.32 Å². The second-order valence-electron chi connectivity index (χ2n) is 5.91. The Bertz CT molecular complexity index is 228. The van der Waals surface area contributed by atoms with E-state index in [1.165, 1.54) is 32.2 Å². The molecule has 2 N–H and O–H groups in total. The fourth-order valence-electron chi connectivity index (χ4n) is 2.76. The number of hydrogen-bond donors (Lipinski definition) is 2. The topological polar surface area (TPSA) is 35.5 Å². The van der Waals surface area contributed by atoms with Gasteiger partial charge in [-0.25, -0.2) is 0 Å². The zero-order valence-electron chi connectivity index (χ0n) is 10.7. The van der Waals surface area contributed by atoms with Gasteiger partial charge in [-0.1, -0.05) is 0 Å². The lowest BCUT2D eigenvalue weighted by molar-refractivity contribution is 0.162. The maximum absolute atomic E-state index is 9.02. The zero-order chi connectivity index (χ0) is 11.6. The minimum absolute atomic E-state index is 0.353. The Morgan fingerprint density at radius 1 is 1.44 bits per heavy atom. The van der Waals surface area contributed by atoms with Gasteiger partial charge in [0.05, 0.1) is 0 Å². The molecule has 3 heteroatoms. The molecule has 1 saturated carbocycles. The van der Waals surface area contributed by atoms with Crippen LogP contribution in [-0.4, -0.2) is 48.8 Å². The van der Waals surface area contributed by atoms with Crippen molar-refractivity contribution in [1.29, 1.82) is 0 Å². The number of rotatable bonds is 5. The average Bonchev–Trinajstić information content (AvgIpc) is 3.01. The van der Waals surface area contributed by atoms with E-state index in [9.17, 15) is 0 Å². The fraction of sp³-hybridized carbons (Fsp3) is 1.00. The summed E-state index contributed by atoms with van der Waals surface area (Å²) in [5, 5.41) is 12.7. The number of piperidine rings is 1. The van der Waals surface area contributed by atoms with Crippen LogP contribution in [0.5, 0.6) is 0 Å². The predicted molar refractivity (Wildman–Crippen MR) is 66.5 cm³/mol. The molecule has 2 atom stereocenters. The molecule has 0 bridgehead atoms. The summed E-state index contributed by atoms with van der Waals surface area (Å²) in [6.45, 7) is 5.00. The molecule has 1 heterocycles. The van der Waals surface area contributed by atoms with E-state index in [2.05, 4.69) is 24.2 Å². The van der Waals surface area contributed by atoms with Gasteiger partial charge in [-0.05, 0) is 58.0 Å². The largest absolute Gasteiger partial charge is 0.396 e. The van der Waals surface area contributed by atoms with Gasteiger partial charge in [0.1, 0.15) is 0 Å². The molecule has 2 unspecified atom stereocenters. The van der Waals surface area contributed by atoms with Crippen LogP contribution >= 0.6 is 0 Å². The van der Waals surface area contributed by atoms with E-state index in [0.29, 0.717) is 24.1 Å². The van der Waals surface area contributed by atoms with Gasteiger partial charge in [0.2, 0.25) is 0 Å². The lowest BCUT2D eigenvalue weighted by Gasteiger charge is -2.36. The summed E-state index contributed by atoms with van der Waals surface area (Å²) in [4.78, 5) is 2.44. The molecule has 2 aliphatic rings. The SMILES string of the molecule is CC1CC(NCC2(CCO)CC2)CCN1C. The Hall–Kier alpha value is -0.120. The number of likely N-dealkylation sites (tertiary alicyclic amines) is 1. The fourth-order valence-corrected chi connectivity index (χ4v) is 2.76. The van der Waals surface area contributed by atoms with Gasteiger partial charge in [0.25, 0.3) is 0 Å². The van der Waals surface area contributed by atoms with Crippen LogP contribution in [0.4, 0.5) is 0 Å². The second-order valence-corrected chi connectivity index (χ2v) is 5.91. The van der Waals surface area contributed by atoms with E-state index < -0.39 is 0 Å². The summed E-state index contributed by atoms with van der Waals surface area (Å²) in [5.74, 6) is 0. The first-order valence-electron chi connectivity index (χ1n) is 6.70. The average molecular weight is 226 g/mol. The van der Waals surface area contributed by atoms with Gasteiger partial charge >= 0.3 is 0 Å². The van der Waals surface area contributed by atoms with Crippen LogP contribution in [0.3, 0.4) is 0 Å². The third-order valence-electron chi connectivity index (χ3n) is 4.57. The molecule has 0 radical (unpaired) electrons. The van der Waals surface area contributed by atoms with Crippen LogP contribution in [0.15, 0.2) is 0 Å². The number of nitrogens with one attached hydrogen (secondary N) is 1. The highest BCUT2D eigenvalue weighted by Crippen LogP contribution is 2.48. The van der Waals surface area contributed by atoms with E-state index in [1.807, 2.05) is 0 Å². The zero-order valence-corrected chi connectivity index (χ0v) is 10.7. The third-order valence-corrected chi connectivity index (χ3v) is 4.57. The van der Waals surface area contributed by atoms with Crippen molar-refractivity contribution in [3.8, 4) is 0 Å². The van der Waals surface area contributed by atoms with E-state index in [1.54, 1.807) is 0 Å². The van der Waals surface area contributed by atoms with Crippen molar-refractivity contribution >= 4 is 0 Å². The van der Waals surface area contributed by atoms with Gasteiger partial charge in [-0.15, -0.1) is 0 Å². The Morgan fingerprint density at radius 3 is 2.75 bits per heavy atom. The van der Waals surface area contributed by atoms with E-state index in [4.69, 9.17) is 5.11 Å². The summed E-state index contributed by atoms with van der Waals surface area (Å²) in [5.41, 5.74) is 0.460. The Morgan fingerprint density at radius 2 is 2.19 bits per heavy atom. The molecule has 0 aromatic heterocycles. The number of aliphatic hydroxyl groups excluding tert-OH is 1. The van der Waals surface area contributed by atoms with Crippen LogP contribution in [-0.2, 0) is 0 Å². The second kappa shape index (κ2) is 5.03. The first-order chi connectivity index (χ1) is 7.65. The van der Waals surface area contributed by atoms with Crippen molar-refractivity contribution in [3.05, 3.63) is 0 Å². The molecule has 2 rings (SSSR count). The molecular formula is C13H26N2O. The third kappa shape index (κ3) is 2.96. The summed E-state index contributed by atoms with van der Waals surface area (Å²) in [6, 6.07) is 1.40. The molecule has 1 aliphatic heterocycles. The number of hydrogen-bond acceptors (Lipinski definition) is 3. The quantitative estimate of drug-likeness (QED) is 0.740. The molecule has 94 valence electrons. The van der Waals surface area contributed by atoms with Crippen molar-refractivity contribution < 1.29 is 5.11 Å². The van der Waals surface area contributed by atoms with Crippen molar-refractivity contribution in [2.24, 2.45) is 5.41 Å². The van der Waals surface area contributed by atoms with Crippen LogP contribution in [0.1, 0.15) is 39.0 Å². The maximum Gasteiger partial charge on any atom is 0.0436 e. The highest BCUT2D eigenvalue weighted by molar-refractivity contribution is 4.96. The lowest BCUT2D eigenvalue weighted by atomic mass is 9.97. The smallest absolute Gasteiger partial charge is 0.0436 e. The standard InChI is InChI=1S/C13H26N2O/c1-11-9-12(3-7-15(11)2)14-10-13(4-5-13)6-8-16/h11-12,14,16H,3-10H2,1-2H3. The molecule has 1 saturated heterocycles. The van der Waals surface area contributed by atoms with E-state index in [-0.39, 0.29) is 0 Å². The van der Waals surface area contributed by atoms with Gasteiger partial charge < -0.3 is 15.3 Å². The maximum atomic E-state index is 9.02. The number of aliphatic hydroxyl groups is 1. The molecule has 0 aromatic rings. The van der Waals surface area contributed by atoms with Crippen molar-refractivity contribution in [2.45, 2.75) is 51.1 Å². The van der Waals surface area contributed by atoms with E-state index >= 15 is 0 Å². The number of nitrogens with zero attached hydrogens (tertiary/aromatic N) is 1. The summed E-state index contributed by atoms with van der Waals surface area (Å²) in [7, 11) is 2.22. The van der Waals surface area contributed by atoms with E-state index in [0.717, 1.165) is 13.0 Å². The van der Waals surface area contributed by atoms with Crippen molar-refractivity contribution in [1.82, 2.24) is 10.2 Å². The van der Waals surface area contributed by atoms with Gasteiger partial charge in [0.15, 0.2) is 0 Å². The Balaban J connectivity index is 1.70. The molecule has 16 heavy (non-hydrogen) atoms. The highest BCUT2D eigenvalue weighted by Gasteiger charge is 2.41.